The molecule has 0 spiro atoms. The van der Waals surface area contributed by atoms with Crippen molar-refractivity contribution in [2.75, 3.05) is 0 Å². The Bertz CT molecular complexity index is 238. The molecule has 4 nitrogen and oxygen atoms in total. The molecule has 13 heavy (non-hydrogen) atoms. The van der Waals surface area contributed by atoms with Crippen molar-refractivity contribution in [1.82, 2.24) is 10.1 Å². The van der Waals surface area contributed by atoms with Gasteiger partial charge >= 0.3 is 0 Å². The fraction of sp³-hybridized carbons (Fsp3) is 1.00. The van der Waals surface area contributed by atoms with Gasteiger partial charge in [0.2, 0.25) is 0 Å². The zero-order chi connectivity index (χ0) is 8.58. The van der Waals surface area contributed by atoms with Gasteiger partial charge in [-0.25, -0.2) is 0 Å². The summed E-state index contributed by atoms with van der Waals surface area (Å²) in [4.78, 5) is 10.7. The summed E-state index contributed by atoms with van der Waals surface area (Å²) in [7, 11) is 0. The molecule has 3 heterocycles. The molecule has 4 atom stereocenters. The summed E-state index contributed by atoms with van der Waals surface area (Å²) in [5.41, 5.74) is 0. The molecule has 1 aliphatic carbocycles. The molecule has 0 amide bonds. The van der Waals surface area contributed by atoms with Crippen LogP contribution in [0.15, 0.2) is 5.29 Å². The molecule has 4 heteroatoms. The number of hydrazine groups is 1. The van der Waals surface area contributed by atoms with Crippen LogP contribution in [-0.4, -0.2) is 28.3 Å². The van der Waals surface area contributed by atoms with Gasteiger partial charge in [-0.2, -0.15) is 10.1 Å². The second kappa shape index (κ2) is 1.90. The van der Waals surface area contributed by atoms with Gasteiger partial charge in [-0.1, -0.05) is 0 Å². The molecule has 0 aromatic rings. The van der Waals surface area contributed by atoms with E-state index in [1.54, 1.807) is 5.12 Å². The number of piperidine rings is 1. The van der Waals surface area contributed by atoms with Crippen molar-refractivity contribution in [2.24, 2.45) is 17.1 Å². The van der Waals surface area contributed by atoms with E-state index in [9.17, 15) is 4.91 Å². The average Bonchev–Trinajstić information content (AvgIpc) is 2.66. The van der Waals surface area contributed by atoms with Crippen molar-refractivity contribution in [3.05, 3.63) is 4.91 Å². The molecule has 4 rings (SSSR count). The molecule has 0 aromatic carbocycles. The summed E-state index contributed by atoms with van der Waals surface area (Å²) in [6.45, 7) is 0. The Morgan fingerprint density at radius 2 is 1.62 bits per heavy atom. The van der Waals surface area contributed by atoms with Crippen molar-refractivity contribution in [1.29, 1.82) is 0 Å². The van der Waals surface area contributed by atoms with Crippen LogP contribution in [0.3, 0.4) is 0 Å². The van der Waals surface area contributed by atoms with E-state index in [0.717, 1.165) is 11.8 Å². The summed E-state index contributed by atoms with van der Waals surface area (Å²) in [5.74, 6) is 1.53. The summed E-state index contributed by atoms with van der Waals surface area (Å²) < 4.78 is 0. The van der Waals surface area contributed by atoms with E-state index in [0.29, 0.717) is 18.1 Å². The van der Waals surface area contributed by atoms with Crippen molar-refractivity contribution in [2.45, 2.75) is 43.8 Å². The van der Waals surface area contributed by atoms with Gasteiger partial charge in [0.15, 0.2) is 0 Å². The van der Waals surface area contributed by atoms with E-state index < -0.39 is 0 Å². The zero-order valence-electron chi connectivity index (χ0n) is 7.47. The van der Waals surface area contributed by atoms with E-state index in [1.165, 1.54) is 25.7 Å². The van der Waals surface area contributed by atoms with Crippen LogP contribution in [-0.2, 0) is 0 Å². The topological polar surface area (TPSA) is 35.9 Å². The minimum absolute atomic E-state index is 0.495. The minimum atomic E-state index is 0.495. The fourth-order valence-electron chi connectivity index (χ4n) is 4.45. The van der Waals surface area contributed by atoms with Crippen LogP contribution in [0.25, 0.3) is 0 Å². The van der Waals surface area contributed by atoms with Crippen LogP contribution < -0.4 is 0 Å². The van der Waals surface area contributed by atoms with E-state index in [2.05, 4.69) is 10.3 Å². The largest absolute Gasteiger partial charge is 0.195 e. The molecule has 4 unspecified atom stereocenters. The molecular formula is C9H13N3O. The Morgan fingerprint density at radius 1 is 1.00 bits per heavy atom. The molecule has 0 radical (unpaired) electrons. The van der Waals surface area contributed by atoms with Crippen LogP contribution in [0.5, 0.6) is 0 Å². The van der Waals surface area contributed by atoms with Gasteiger partial charge in [-0.05, 0) is 25.7 Å². The Kier molecular flexibility index (Phi) is 0.986. The molecule has 3 aliphatic heterocycles. The predicted octanol–water partition coefficient (Wildman–Crippen LogP) is 1.14. The third kappa shape index (κ3) is 0.529. The summed E-state index contributed by atoms with van der Waals surface area (Å²) in [6, 6.07) is 1.84. The van der Waals surface area contributed by atoms with Crippen molar-refractivity contribution >= 4 is 0 Å². The van der Waals surface area contributed by atoms with Gasteiger partial charge in [0.25, 0.3) is 0 Å². The van der Waals surface area contributed by atoms with Crippen LogP contribution in [0.1, 0.15) is 25.7 Å². The molecule has 2 bridgehead atoms. The lowest BCUT2D eigenvalue weighted by atomic mass is 9.91. The quantitative estimate of drug-likeness (QED) is 0.566. The molecule has 3 saturated heterocycles. The highest BCUT2D eigenvalue weighted by Crippen LogP contribution is 2.59. The predicted molar refractivity (Wildman–Crippen MR) is 46.3 cm³/mol. The van der Waals surface area contributed by atoms with Gasteiger partial charge in [0.05, 0.1) is 11.3 Å². The third-order valence-corrected chi connectivity index (χ3v) is 4.72. The first-order chi connectivity index (χ1) is 6.42. The van der Waals surface area contributed by atoms with Crippen LogP contribution in [0.2, 0.25) is 0 Å². The number of hydrogen-bond acceptors (Lipinski definition) is 3. The van der Waals surface area contributed by atoms with Gasteiger partial charge < -0.3 is 0 Å². The highest BCUT2D eigenvalue weighted by Gasteiger charge is 2.67. The summed E-state index contributed by atoms with van der Waals surface area (Å²) >= 11 is 0. The lowest BCUT2D eigenvalue weighted by Crippen LogP contribution is -2.37. The lowest BCUT2D eigenvalue weighted by Gasteiger charge is -2.24. The Balaban J connectivity index is 1.88. The van der Waals surface area contributed by atoms with E-state index in [4.69, 9.17) is 0 Å². The van der Waals surface area contributed by atoms with Crippen LogP contribution in [0.4, 0.5) is 0 Å². The monoisotopic (exact) mass is 179 g/mol. The highest BCUT2D eigenvalue weighted by atomic mass is 16.3. The van der Waals surface area contributed by atoms with E-state index in [1.807, 2.05) is 0 Å². The molecule has 0 N–H and O–H groups in total. The first-order valence-corrected chi connectivity index (χ1v) is 5.32. The third-order valence-electron chi connectivity index (χ3n) is 4.72. The molecule has 70 valence electrons. The number of rotatable bonds is 1. The maximum absolute atomic E-state index is 10.7. The Hall–Kier alpha value is -0.640. The van der Waals surface area contributed by atoms with Crippen LogP contribution >= 0.6 is 0 Å². The molecule has 4 aliphatic rings. The minimum Gasteiger partial charge on any atom is -0.195 e. The first-order valence-electron chi connectivity index (χ1n) is 5.32. The number of hydrogen-bond donors (Lipinski definition) is 0. The van der Waals surface area contributed by atoms with Crippen molar-refractivity contribution < 1.29 is 0 Å². The first kappa shape index (κ1) is 6.76. The van der Waals surface area contributed by atoms with Crippen LogP contribution in [0, 0.1) is 16.7 Å². The lowest BCUT2D eigenvalue weighted by molar-refractivity contribution is 0.0192. The van der Waals surface area contributed by atoms with Gasteiger partial charge in [0.1, 0.15) is 0 Å². The Morgan fingerprint density at radius 3 is 2.15 bits per heavy atom. The van der Waals surface area contributed by atoms with Gasteiger partial charge in [-0.15, -0.1) is 4.91 Å². The van der Waals surface area contributed by atoms with Gasteiger partial charge in [-0.3, -0.25) is 0 Å². The van der Waals surface area contributed by atoms with E-state index in [-0.39, 0.29) is 0 Å². The maximum Gasteiger partial charge on any atom is 0.0765 e. The number of fused-ring (bicyclic) bond motifs is 2. The van der Waals surface area contributed by atoms with E-state index >= 15 is 0 Å². The molecule has 4 fully saturated rings. The number of nitroso groups, excluding NO2 is 1. The average molecular weight is 179 g/mol. The number of nitrogens with zero attached hydrogens (tertiary/aromatic N) is 3. The maximum atomic E-state index is 10.7. The zero-order valence-corrected chi connectivity index (χ0v) is 7.47. The van der Waals surface area contributed by atoms with Crippen molar-refractivity contribution in [3.63, 3.8) is 0 Å². The Labute approximate surface area is 76.8 Å². The summed E-state index contributed by atoms with van der Waals surface area (Å²) in [6.07, 6.45) is 5.26. The van der Waals surface area contributed by atoms with Gasteiger partial charge in [0, 0.05) is 23.9 Å². The molecular weight excluding hydrogens is 166 g/mol. The highest BCUT2D eigenvalue weighted by molar-refractivity contribution is 5.15. The SMILES string of the molecule is O=NN1C2C3CCC2C2CCC3N21. The molecule has 0 aromatic heterocycles. The second-order valence-corrected chi connectivity index (χ2v) is 4.89. The van der Waals surface area contributed by atoms with Crippen molar-refractivity contribution in [3.8, 4) is 0 Å². The second-order valence-electron chi connectivity index (χ2n) is 4.89. The smallest absolute Gasteiger partial charge is 0.0765 e. The summed E-state index contributed by atoms with van der Waals surface area (Å²) in [5, 5.41) is 7.29. The normalized spacial score (nSPS) is 56.6. The standard InChI is InChI=1S/C9H13N3O/c13-10-12-9-5-1-2-6(9)8-4-3-7(5)11(8)12/h5-9H,1-4H2. The molecule has 1 saturated carbocycles. The fourth-order valence-corrected chi connectivity index (χ4v) is 4.45.